The summed E-state index contributed by atoms with van der Waals surface area (Å²) >= 11 is 0. The molecule has 2 aromatic carbocycles. The fourth-order valence-corrected chi connectivity index (χ4v) is 3.49. The van der Waals surface area contributed by atoms with Crippen molar-refractivity contribution in [1.82, 2.24) is 9.88 Å². The van der Waals surface area contributed by atoms with Crippen molar-refractivity contribution in [2.45, 2.75) is 19.9 Å². The van der Waals surface area contributed by atoms with Gasteiger partial charge in [-0.2, -0.15) is 0 Å². The molecule has 134 valence electrons. The van der Waals surface area contributed by atoms with Crippen LogP contribution in [0.15, 0.2) is 51.7 Å². The maximum Gasteiger partial charge on any atom is 0.420 e. The highest BCUT2D eigenvalue weighted by atomic mass is 16.4. The zero-order valence-corrected chi connectivity index (χ0v) is 14.7. The number of nitrogens with one attached hydrogen (secondary N) is 1. The molecule has 0 saturated carbocycles. The molecule has 6 heteroatoms. The lowest BCUT2D eigenvalue weighted by Crippen LogP contribution is -2.36. The molecule has 0 radical (unpaired) electrons. The lowest BCUT2D eigenvalue weighted by Gasteiger charge is -2.19. The number of aromatic nitrogens is 1. The van der Waals surface area contributed by atoms with Gasteiger partial charge in [-0.25, -0.2) is 4.79 Å². The fourth-order valence-electron chi connectivity index (χ4n) is 3.49. The quantitative estimate of drug-likeness (QED) is 0.764. The van der Waals surface area contributed by atoms with Crippen LogP contribution in [-0.2, 0) is 17.8 Å². The molecule has 0 spiro atoms. The van der Waals surface area contributed by atoms with E-state index in [-0.39, 0.29) is 12.5 Å². The normalized spacial score (nSPS) is 13.2. The summed E-state index contributed by atoms with van der Waals surface area (Å²) < 4.78 is 6.58. The summed E-state index contributed by atoms with van der Waals surface area (Å²) in [6.45, 7) is 4.17. The molecular formula is C20H21N3O3. The maximum atomic E-state index is 12.3. The van der Waals surface area contributed by atoms with Crippen LogP contribution >= 0.6 is 0 Å². The number of fused-ring (bicyclic) bond motifs is 2. The number of carbonyl (C=O) groups excluding carboxylic acids is 1. The van der Waals surface area contributed by atoms with Crippen molar-refractivity contribution in [3.05, 3.63) is 64.1 Å². The van der Waals surface area contributed by atoms with E-state index >= 15 is 0 Å². The average Bonchev–Trinajstić information content (AvgIpc) is 3.17. The lowest BCUT2D eigenvalue weighted by atomic mass is 10.2. The molecule has 0 fully saturated rings. The van der Waals surface area contributed by atoms with Crippen LogP contribution in [0.4, 0.5) is 5.69 Å². The van der Waals surface area contributed by atoms with Gasteiger partial charge in [-0.05, 0) is 42.7 Å². The highest BCUT2D eigenvalue weighted by molar-refractivity contribution is 5.79. The molecular weight excluding hydrogens is 330 g/mol. The second-order valence-corrected chi connectivity index (χ2v) is 6.64. The van der Waals surface area contributed by atoms with Gasteiger partial charge >= 0.3 is 5.76 Å². The van der Waals surface area contributed by atoms with Crippen LogP contribution in [0.5, 0.6) is 0 Å². The van der Waals surface area contributed by atoms with Crippen LogP contribution in [0.1, 0.15) is 11.1 Å². The van der Waals surface area contributed by atoms with Crippen molar-refractivity contribution in [3.8, 4) is 0 Å². The van der Waals surface area contributed by atoms with Crippen molar-refractivity contribution < 1.29 is 9.21 Å². The van der Waals surface area contributed by atoms with Gasteiger partial charge in [0.05, 0.1) is 5.52 Å². The van der Waals surface area contributed by atoms with Gasteiger partial charge in [-0.1, -0.05) is 24.3 Å². The highest BCUT2D eigenvalue weighted by Crippen LogP contribution is 2.26. The second-order valence-electron chi connectivity index (χ2n) is 6.64. The molecule has 0 atom stereocenters. The number of hydrogen-bond acceptors (Lipinski definition) is 4. The predicted molar refractivity (Wildman–Crippen MR) is 101 cm³/mol. The van der Waals surface area contributed by atoms with E-state index in [1.54, 1.807) is 6.07 Å². The summed E-state index contributed by atoms with van der Waals surface area (Å²) in [5.74, 6) is -0.696. The molecule has 0 unspecified atom stereocenters. The Labute approximate surface area is 151 Å². The van der Waals surface area contributed by atoms with Gasteiger partial charge in [0, 0.05) is 25.3 Å². The van der Waals surface area contributed by atoms with Gasteiger partial charge in [0.1, 0.15) is 6.54 Å². The first-order valence-corrected chi connectivity index (χ1v) is 8.81. The van der Waals surface area contributed by atoms with Crippen molar-refractivity contribution in [2.75, 3.05) is 24.5 Å². The Morgan fingerprint density at radius 3 is 2.96 bits per heavy atom. The van der Waals surface area contributed by atoms with E-state index in [0.717, 1.165) is 25.1 Å². The van der Waals surface area contributed by atoms with E-state index in [9.17, 15) is 9.59 Å². The van der Waals surface area contributed by atoms with E-state index in [1.807, 2.05) is 25.1 Å². The molecule has 0 saturated heterocycles. The number of hydrogen-bond donors (Lipinski definition) is 1. The Morgan fingerprint density at radius 2 is 2.08 bits per heavy atom. The summed E-state index contributed by atoms with van der Waals surface area (Å²) in [5, 5.41) is 2.90. The Morgan fingerprint density at radius 1 is 1.23 bits per heavy atom. The summed E-state index contributed by atoms with van der Waals surface area (Å²) in [6, 6.07) is 13.8. The number of rotatable bonds is 5. The first-order chi connectivity index (χ1) is 12.6. The Hall–Kier alpha value is -3.02. The zero-order chi connectivity index (χ0) is 18.1. The number of para-hydroxylation sites is 1. The molecule has 2 heterocycles. The van der Waals surface area contributed by atoms with Gasteiger partial charge in [0.2, 0.25) is 5.91 Å². The number of aryl methyl sites for hydroxylation is 1. The molecule has 4 rings (SSSR count). The van der Waals surface area contributed by atoms with Crippen LogP contribution in [0.25, 0.3) is 11.1 Å². The van der Waals surface area contributed by atoms with Crippen LogP contribution in [-0.4, -0.2) is 30.1 Å². The van der Waals surface area contributed by atoms with Crippen molar-refractivity contribution >= 4 is 22.7 Å². The molecule has 0 aliphatic carbocycles. The molecule has 1 amide bonds. The summed E-state index contributed by atoms with van der Waals surface area (Å²) in [4.78, 5) is 26.6. The molecule has 1 aliphatic rings. The van der Waals surface area contributed by atoms with E-state index in [4.69, 9.17) is 4.42 Å². The van der Waals surface area contributed by atoms with Crippen LogP contribution < -0.4 is 16.0 Å². The van der Waals surface area contributed by atoms with E-state index in [0.29, 0.717) is 17.6 Å². The van der Waals surface area contributed by atoms with Crippen LogP contribution in [0.2, 0.25) is 0 Å². The Kier molecular flexibility index (Phi) is 4.24. The minimum atomic E-state index is -0.505. The van der Waals surface area contributed by atoms with Gasteiger partial charge in [-0.15, -0.1) is 0 Å². The number of nitrogens with zero attached hydrogens (tertiary/aromatic N) is 2. The summed E-state index contributed by atoms with van der Waals surface area (Å²) in [7, 11) is 0. The molecule has 6 nitrogen and oxygen atoms in total. The van der Waals surface area contributed by atoms with Crippen molar-refractivity contribution in [3.63, 3.8) is 0 Å². The standard InChI is InChI=1S/C20H21N3O3/c1-14-6-7-18-17(12-14)23(20(25)26-18)13-19(24)21-9-11-22-10-8-15-4-2-3-5-16(15)22/h2-7,12H,8-11,13H2,1H3,(H,21,24). The number of oxazole rings is 1. The van der Waals surface area contributed by atoms with Crippen molar-refractivity contribution in [1.29, 1.82) is 0 Å². The van der Waals surface area contributed by atoms with Gasteiger partial charge < -0.3 is 14.6 Å². The van der Waals surface area contributed by atoms with E-state index in [2.05, 4.69) is 28.4 Å². The first kappa shape index (κ1) is 16.4. The van der Waals surface area contributed by atoms with Crippen molar-refractivity contribution in [2.24, 2.45) is 0 Å². The van der Waals surface area contributed by atoms with E-state index in [1.165, 1.54) is 15.8 Å². The Bertz CT molecular complexity index is 1020. The fraction of sp³-hybridized carbons (Fsp3) is 0.300. The number of amides is 1. The minimum absolute atomic E-state index is 0.0358. The minimum Gasteiger partial charge on any atom is -0.408 e. The third-order valence-corrected chi connectivity index (χ3v) is 4.81. The molecule has 26 heavy (non-hydrogen) atoms. The SMILES string of the molecule is Cc1ccc2oc(=O)n(CC(=O)NCCN3CCc4ccccc43)c2c1. The zero-order valence-electron chi connectivity index (χ0n) is 14.7. The first-order valence-electron chi connectivity index (χ1n) is 8.81. The third-order valence-electron chi connectivity index (χ3n) is 4.81. The average molecular weight is 351 g/mol. The monoisotopic (exact) mass is 351 g/mol. The maximum absolute atomic E-state index is 12.3. The third kappa shape index (κ3) is 3.10. The number of carbonyl (C=O) groups is 1. The predicted octanol–water partition coefficient (Wildman–Crippen LogP) is 2.08. The highest BCUT2D eigenvalue weighted by Gasteiger charge is 2.18. The number of anilines is 1. The molecule has 1 aromatic heterocycles. The summed E-state index contributed by atoms with van der Waals surface area (Å²) in [6.07, 6.45) is 1.04. The van der Waals surface area contributed by atoms with E-state index < -0.39 is 5.76 Å². The lowest BCUT2D eigenvalue weighted by molar-refractivity contribution is -0.121. The summed E-state index contributed by atoms with van der Waals surface area (Å²) in [5.41, 5.74) is 4.76. The largest absolute Gasteiger partial charge is 0.420 e. The smallest absolute Gasteiger partial charge is 0.408 e. The van der Waals surface area contributed by atoms with Gasteiger partial charge in [0.25, 0.3) is 0 Å². The van der Waals surface area contributed by atoms with Crippen LogP contribution in [0.3, 0.4) is 0 Å². The molecule has 1 N–H and O–H groups in total. The molecule has 0 bridgehead atoms. The van der Waals surface area contributed by atoms with Crippen LogP contribution in [0, 0.1) is 6.92 Å². The molecule has 1 aliphatic heterocycles. The molecule has 3 aromatic rings. The number of benzene rings is 2. The van der Waals surface area contributed by atoms with Gasteiger partial charge in [0.15, 0.2) is 5.58 Å². The van der Waals surface area contributed by atoms with Gasteiger partial charge in [-0.3, -0.25) is 9.36 Å². The second kappa shape index (κ2) is 6.71. The Balaban J connectivity index is 1.37. The topological polar surface area (TPSA) is 67.5 Å².